The van der Waals surface area contributed by atoms with E-state index >= 15 is 0 Å². The van der Waals surface area contributed by atoms with Gasteiger partial charge >= 0.3 is 0 Å². The van der Waals surface area contributed by atoms with E-state index in [0.29, 0.717) is 5.41 Å². The summed E-state index contributed by atoms with van der Waals surface area (Å²) in [7, 11) is 0. The van der Waals surface area contributed by atoms with E-state index in [2.05, 4.69) is 25.7 Å². The van der Waals surface area contributed by atoms with Gasteiger partial charge in [0.25, 0.3) is 0 Å². The molecule has 0 bridgehead atoms. The van der Waals surface area contributed by atoms with E-state index in [1.54, 1.807) is 0 Å². The third kappa shape index (κ3) is 3.17. The van der Waals surface area contributed by atoms with Crippen LogP contribution in [0.3, 0.4) is 0 Å². The van der Waals surface area contributed by atoms with Crippen molar-refractivity contribution in [2.24, 2.45) is 11.3 Å². The SMILES string of the molecule is C=CC(=O)NCC1(C)CCC(C)CC1. The zero-order valence-corrected chi connectivity index (χ0v) is 9.31. The van der Waals surface area contributed by atoms with Crippen molar-refractivity contribution >= 4 is 5.91 Å². The van der Waals surface area contributed by atoms with Crippen LogP contribution in [0.1, 0.15) is 39.5 Å². The van der Waals surface area contributed by atoms with Crippen LogP contribution in [0.15, 0.2) is 12.7 Å². The number of carbonyl (C=O) groups is 1. The van der Waals surface area contributed by atoms with E-state index in [9.17, 15) is 4.79 Å². The normalized spacial score (nSPS) is 32.3. The lowest BCUT2D eigenvalue weighted by Gasteiger charge is -2.36. The molecule has 0 aromatic rings. The minimum Gasteiger partial charge on any atom is -0.352 e. The minimum atomic E-state index is -0.0511. The van der Waals surface area contributed by atoms with Gasteiger partial charge in [0.2, 0.25) is 5.91 Å². The molecule has 0 unspecified atom stereocenters. The molecule has 2 heteroatoms. The Bertz CT molecular complexity index is 214. The Balaban J connectivity index is 2.35. The van der Waals surface area contributed by atoms with Gasteiger partial charge in [-0.2, -0.15) is 0 Å². The second-order valence-corrected chi connectivity index (χ2v) is 4.92. The van der Waals surface area contributed by atoms with E-state index in [4.69, 9.17) is 0 Å². The van der Waals surface area contributed by atoms with Crippen LogP contribution in [-0.4, -0.2) is 12.5 Å². The highest BCUT2D eigenvalue weighted by molar-refractivity contribution is 5.86. The number of carbonyl (C=O) groups excluding carboxylic acids is 1. The molecule has 0 aromatic carbocycles. The van der Waals surface area contributed by atoms with Gasteiger partial charge < -0.3 is 5.32 Å². The molecule has 0 saturated heterocycles. The first-order valence-corrected chi connectivity index (χ1v) is 5.46. The maximum absolute atomic E-state index is 11.0. The number of hydrogen-bond acceptors (Lipinski definition) is 1. The Morgan fingerprint density at radius 2 is 2.14 bits per heavy atom. The molecule has 1 amide bonds. The molecule has 0 radical (unpaired) electrons. The molecule has 1 N–H and O–H groups in total. The summed E-state index contributed by atoms with van der Waals surface area (Å²) in [4.78, 5) is 11.0. The fourth-order valence-electron chi connectivity index (χ4n) is 2.01. The Kier molecular flexibility index (Phi) is 3.73. The van der Waals surface area contributed by atoms with Crippen LogP contribution < -0.4 is 5.32 Å². The number of nitrogens with one attached hydrogen (secondary N) is 1. The molecule has 0 aromatic heterocycles. The summed E-state index contributed by atoms with van der Waals surface area (Å²) in [5.74, 6) is 0.808. The molecule has 1 aliphatic rings. The largest absolute Gasteiger partial charge is 0.352 e. The van der Waals surface area contributed by atoms with Gasteiger partial charge in [0.15, 0.2) is 0 Å². The van der Waals surface area contributed by atoms with Crippen molar-refractivity contribution in [3.05, 3.63) is 12.7 Å². The van der Waals surface area contributed by atoms with Crippen molar-refractivity contribution in [1.82, 2.24) is 5.32 Å². The second-order valence-electron chi connectivity index (χ2n) is 4.92. The van der Waals surface area contributed by atoms with Crippen molar-refractivity contribution in [2.45, 2.75) is 39.5 Å². The van der Waals surface area contributed by atoms with Crippen LogP contribution >= 0.6 is 0 Å². The monoisotopic (exact) mass is 195 g/mol. The predicted molar refractivity (Wildman–Crippen MR) is 58.9 cm³/mol. The predicted octanol–water partition coefficient (Wildman–Crippen LogP) is 2.51. The van der Waals surface area contributed by atoms with Crippen LogP contribution in [0.2, 0.25) is 0 Å². The van der Waals surface area contributed by atoms with Crippen molar-refractivity contribution in [1.29, 1.82) is 0 Å². The van der Waals surface area contributed by atoms with Crippen molar-refractivity contribution in [3.8, 4) is 0 Å². The van der Waals surface area contributed by atoms with Crippen LogP contribution in [-0.2, 0) is 4.79 Å². The molecular weight excluding hydrogens is 174 g/mol. The molecule has 80 valence electrons. The minimum absolute atomic E-state index is 0.0511. The number of amides is 1. The fraction of sp³-hybridized carbons (Fsp3) is 0.750. The maximum atomic E-state index is 11.0. The Morgan fingerprint density at radius 1 is 1.57 bits per heavy atom. The quantitative estimate of drug-likeness (QED) is 0.689. The third-order valence-electron chi connectivity index (χ3n) is 3.36. The highest BCUT2D eigenvalue weighted by atomic mass is 16.1. The molecule has 1 aliphatic carbocycles. The van der Waals surface area contributed by atoms with Gasteiger partial charge in [-0.1, -0.05) is 33.3 Å². The highest BCUT2D eigenvalue weighted by Gasteiger charge is 2.29. The molecule has 0 atom stereocenters. The summed E-state index contributed by atoms with van der Waals surface area (Å²) in [6.45, 7) is 8.82. The molecule has 14 heavy (non-hydrogen) atoms. The molecule has 2 nitrogen and oxygen atoms in total. The average molecular weight is 195 g/mol. The summed E-state index contributed by atoms with van der Waals surface area (Å²) >= 11 is 0. The van der Waals surface area contributed by atoms with Crippen LogP contribution in [0.5, 0.6) is 0 Å². The lowest BCUT2D eigenvalue weighted by Crippen LogP contribution is -2.37. The molecule has 1 fully saturated rings. The van der Waals surface area contributed by atoms with Gasteiger partial charge in [-0.05, 0) is 30.3 Å². The Hall–Kier alpha value is -0.790. The average Bonchev–Trinajstić information content (AvgIpc) is 2.20. The molecule has 0 spiro atoms. The Morgan fingerprint density at radius 3 is 2.64 bits per heavy atom. The molecule has 1 rings (SSSR count). The summed E-state index contributed by atoms with van der Waals surface area (Å²) in [5, 5.41) is 2.90. The lowest BCUT2D eigenvalue weighted by molar-refractivity contribution is -0.117. The first kappa shape index (κ1) is 11.3. The van der Waals surface area contributed by atoms with Gasteiger partial charge in [0, 0.05) is 6.54 Å². The van der Waals surface area contributed by atoms with Crippen LogP contribution in [0.4, 0.5) is 0 Å². The van der Waals surface area contributed by atoms with Crippen LogP contribution in [0, 0.1) is 11.3 Å². The van der Waals surface area contributed by atoms with Crippen molar-refractivity contribution in [3.63, 3.8) is 0 Å². The first-order chi connectivity index (χ1) is 6.56. The topological polar surface area (TPSA) is 29.1 Å². The van der Waals surface area contributed by atoms with Crippen molar-refractivity contribution < 1.29 is 4.79 Å². The fourth-order valence-corrected chi connectivity index (χ4v) is 2.01. The molecule has 0 heterocycles. The smallest absolute Gasteiger partial charge is 0.243 e. The zero-order chi connectivity index (χ0) is 10.6. The summed E-state index contributed by atoms with van der Waals surface area (Å²) < 4.78 is 0. The number of rotatable bonds is 3. The molecule has 1 saturated carbocycles. The molecule has 0 aliphatic heterocycles. The van der Waals surface area contributed by atoms with Crippen LogP contribution in [0.25, 0.3) is 0 Å². The zero-order valence-electron chi connectivity index (χ0n) is 9.31. The second kappa shape index (κ2) is 4.63. The molecular formula is C12H21NO. The van der Waals surface area contributed by atoms with Gasteiger partial charge in [0.1, 0.15) is 0 Å². The third-order valence-corrected chi connectivity index (χ3v) is 3.36. The van der Waals surface area contributed by atoms with Gasteiger partial charge in [-0.15, -0.1) is 0 Å². The summed E-state index contributed by atoms with van der Waals surface area (Å²) in [5.41, 5.74) is 0.311. The van der Waals surface area contributed by atoms with E-state index in [-0.39, 0.29) is 5.91 Å². The first-order valence-electron chi connectivity index (χ1n) is 5.46. The van der Waals surface area contributed by atoms with Gasteiger partial charge in [-0.25, -0.2) is 0 Å². The van der Waals surface area contributed by atoms with Gasteiger partial charge in [0.05, 0.1) is 0 Å². The standard InChI is InChI=1S/C12H21NO/c1-4-11(14)13-9-12(3)7-5-10(2)6-8-12/h4,10H,1,5-9H2,2-3H3,(H,13,14). The summed E-state index contributed by atoms with van der Waals surface area (Å²) in [6, 6.07) is 0. The van der Waals surface area contributed by atoms with E-state index in [0.717, 1.165) is 12.5 Å². The number of hydrogen-bond donors (Lipinski definition) is 1. The maximum Gasteiger partial charge on any atom is 0.243 e. The lowest BCUT2D eigenvalue weighted by atomic mass is 9.72. The van der Waals surface area contributed by atoms with E-state index in [1.807, 2.05) is 0 Å². The van der Waals surface area contributed by atoms with E-state index in [1.165, 1.54) is 31.8 Å². The summed E-state index contributed by atoms with van der Waals surface area (Å²) in [6.07, 6.45) is 6.38. The Labute approximate surface area is 86.8 Å². The van der Waals surface area contributed by atoms with Gasteiger partial charge in [-0.3, -0.25) is 4.79 Å². The van der Waals surface area contributed by atoms with Crippen molar-refractivity contribution in [2.75, 3.05) is 6.54 Å². The highest BCUT2D eigenvalue weighted by Crippen LogP contribution is 2.37. The van der Waals surface area contributed by atoms with E-state index < -0.39 is 0 Å².